The third-order valence-electron chi connectivity index (χ3n) is 1.44. The Bertz CT molecular complexity index is 188. The summed E-state index contributed by atoms with van der Waals surface area (Å²) in [5.74, 6) is 0. The Morgan fingerprint density at radius 1 is 1.64 bits per heavy atom. The minimum atomic E-state index is -1.49. The molecule has 0 aromatic carbocycles. The molecule has 64 valence electrons. The molecular weight excluding hydrogens is 164 g/mol. The van der Waals surface area contributed by atoms with Crippen molar-refractivity contribution in [3.63, 3.8) is 0 Å². The van der Waals surface area contributed by atoms with Crippen LogP contribution in [0.1, 0.15) is 20.8 Å². The van der Waals surface area contributed by atoms with Crippen LogP contribution in [0.25, 0.3) is 0 Å². The molecule has 0 saturated heterocycles. The lowest BCUT2D eigenvalue weighted by Crippen LogP contribution is -2.38. The zero-order valence-corrected chi connectivity index (χ0v) is 7.60. The summed E-state index contributed by atoms with van der Waals surface area (Å²) in [7, 11) is 0. The molecule has 0 fully saturated rings. The fraction of sp³-hybridized carbons (Fsp3) is 0.833. The Labute approximate surface area is 69.0 Å². The number of nitrogens with zero attached hydrogens (tertiary/aromatic N) is 1. The van der Waals surface area contributed by atoms with Gasteiger partial charge in [-0.3, -0.25) is 0 Å². The molecule has 0 radical (unpaired) electrons. The molecule has 1 aliphatic rings. The molecule has 4 nitrogen and oxygen atoms in total. The summed E-state index contributed by atoms with van der Waals surface area (Å²) in [6, 6.07) is 0. The number of hydrogen-bond donors (Lipinski definition) is 2. The minimum Gasteiger partial charge on any atom is -0.589 e. The van der Waals surface area contributed by atoms with E-state index in [1.807, 2.05) is 20.8 Å². The van der Waals surface area contributed by atoms with Gasteiger partial charge in [0.25, 0.3) is 0 Å². The van der Waals surface area contributed by atoms with Gasteiger partial charge in [0.1, 0.15) is 11.4 Å². The lowest BCUT2D eigenvalue weighted by atomic mass is 9.93. The Morgan fingerprint density at radius 2 is 2.18 bits per heavy atom. The molecule has 1 aliphatic heterocycles. The molecule has 1 rings (SSSR count). The van der Waals surface area contributed by atoms with Gasteiger partial charge < -0.3 is 9.66 Å². The topological polar surface area (TPSA) is 67.7 Å². The van der Waals surface area contributed by atoms with Gasteiger partial charge in [-0.15, -0.1) is 4.72 Å². The molecule has 11 heavy (non-hydrogen) atoms. The predicted octanol–water partition coefficient (Wildman–Crippen LogP) is 0.540. The molecule has 5 heteroatoms. The van der Waals surface area contributed by atoms with Crippen LogP contribution >= 0.6 is 0 Å². The summed E-state index contributed by atoms with van der Waals surface area (Å²) in [5.41, 5.74) is -0.111. The van der Waals surface area contributed by atoms with Crippen molar-refractivity contribution < 1.29 is 9.66 Å². The van der Waals surface area contributed by atoms with E-state index < -0.39 is 11.4 Å². The quantitative estimate of drug-likeness (QED) is 0.529. The van der Waals surface area contributed by atoms with Crippen LogP contribution in [0.3, 0.4) is 0 Å². The summed E-state index contributed by atoms with van der Waals surface area (Å²) in [5, 5.41) is 8.62. The number of rotatable bonds is 0. The summed E-state index contributed by atoms with van der Waals surface area (Å²) in [4.78, 5) is 3.80. The highest BCUT2D eigenvalue weighted by Gasteiger charge is 2.37. The average Bonchev–Trinajstić information content (AvgIpc) is 2.11. The van der Waals surface area contributed by atoms with E-state index in [9.17, 15) is 4.55 Å². The van der Waals surface area contributed by atoms with Crippen LogP contribution < -0.4 is 4.72 Å². The smallest absolute Gasteiger partial charge is 0.426 e. The fourth-order valence-electron chi connectivity index (χ4n) is 0.709. The first-order valence-corrected chi connectivity index (χ1v) is 4.51. The van der Waals surface area contributed by atoms with Crippen LogP contribution in [0.4, 0.5) is 0 Å². The molecule has 1 heterocycles. The number of hydrogen-bond acceptors (Lipinski definition) is 3. The van der Waals surface area contributed by atoms with Gasteiger partial charge in [0.15, 0.2) is 6.17 Å². The first kappa shape index (κ1) is 8.83. The third-order valence-corrected chi connectivity index (χ3v) is 2.32. The Kier molecular flexibility index (Phi) is 2.13. The Balaban J connectivity index is 2.68. The Morgan fingerprint density at radius 3 is 2.36 bits per heavy atom. The van der Waals surface area contributed by atoms with Crippen molar-refractivity contribution in [3.05, 3.63) is 0 Å². The SMILES string of the molecule is CC(C)(C)C1N=C(O)[S+]([O-])N1. The van der Waals surface area contributed by atoms with Gasteiger partial charge in [0, 0.05) is 5.41 Å². The summed E-state index contributed by atoms with van der Waals surface area (Å²) < 4.78 is 13.5. The molecule has 0 aromatic rings. The van der Waals surface area contributed by atoms with E-state index in [0.29, 0.717) is 0 Å². The van der Waals surface area contributed by atoms with Crippen molar-refractivity contribution in [2.75, 3.05) is 0 Å². The second-order valence-electron chi connectivity index (χ2n) is 3.57. The van der Waals surface area contributed by atoms with Crippen molar-refractivity contribution in [3.8, 4) is 0 Å². The van der Waals surface area contributed by atoms with Crippen molar-refractivity contribution in [1.29, 1.82) is 0 Å². The number of aliphatic hydroxyl groups is 1. The standard InChI is InChI=1S/C6H12N2O2S/c1-6(2,3)4-7-5(9)11(10)8-4/h4,8H,1-3H3,(H,7,9). The summed E-state index contributed by atoms with van der Waals surface area (Å²) in [6.45, 7) is 5.89. The maximum atomic E-state index is 10.9. The van der Waals surface area contributed by atoms with E-state index in [4.69, 9.17) is 5.11 Å². The summed E-state index contributed by atoms with van der Waals surface area (Å²) in [6.07, 6.45) is -0.247. The molecule has 0 amide bonds. The second-order valence-corrected chi connectivity index (χ2v) is 4.71. The summed E-state index contributed by atoms with van der Waals surface area (Å²) >= 11 is -1.49. The number of nitrogens with one attached hydrogen (secondary N) is 1. The normalized spacial score (nSPS) is 32.2. The van der Waals surface area contributed by atoms with Crippen LogP contribution in [-0.4, -0.2) is 21.1 Å². The molecule has 0 saturated carbocycles. The van der Waals surface area contributed by atoms with E-state index in [1.165, 1.54) is 0 Å². The van der Waals surface area contributed by atoms with Crippen LogP contribution in [-0.2, 0) is 11.4 Å². The van der Waals surface area contributed by atoms with Crippen molar-refractivity contribution in [2.24, 2.45) is 10.4 Å². The Hall–Kier alpha value is -0.260. The maximum absolute atomic E-state index is 10.9. The zero-order chi connectivity index (χ0) is 8.65. The lowest BCUT2D eigenvalue weighted by molar-refractivity contribution is 0.312. The number of aliphatic hydroxyl groups excluding tert-OH is 1. The van der Waals surface area contributed by atoms with Crippen molar-refractivity contribution >= 4 is 16.6 Å². The van der Waals surface area contributed by atoms with Crippen LogP contribution in [0, 0.1) is 5.41 Å². The molecule has 2 N–H and O–H groups in total. The van der Waals surface area contributed by atoms with Crippen LogP contribution in [0.15, 0.2) is 4.99 Å². The van der Waals surface area contributed by atoms with Crippen molar-refractivity contribution in [2.45, 2.75) is 26.9 Å². The molecule has 0 spiro atoms. The van der Waals surface area contributed by atoms with E-state index in [2.05, 4.69) is 9.71 Å². The maximum Gasteiger partial charge on any atom is 0.426 e. The van der Waals surface area contributed by atoms with Gasteiger partial charge in [-0.1, -0.05) is 20.8 Å². The van der Waals surface area contributed by atoms with E-state index in [1.54, 1.807) is 0 Å². The fourth-order valence-corrected chi connectivity index (χ4v) is 1.62. The third kappa shape index (κ3) is 1.85. The predicted molar refractivity (Wildman–Crippen MR) is 44.6 cm³/mol. The molecule has 0 aromatic heterocycles. The van der Waals surface area contributed by atoms with Crippen LogP contribution in [0.2, 0.25) is 0 Å². The highest BCUT2D eigenvalue weighted by atomic mass is 32.2. The van der Waals surface area contributed by atoms with Gasteiger partial charge in [0.2, 0.25) is 0 Å². The van der Waals surface area contributed by atoms with Crippen molar-refractivity contribution in [1.82, 2.24) is 4.72 Å². The van der Waals surface area contributed by atoms with Crippen LogP contribution in [0.5, 0.6) is 0 Å². The lowest BCUT2D eigenvalue weighted by Gasteiger charge is -2.21. The second kappa shape index (κ2) is 2.66. The monoisotopic (exact) mass is 176 g/mol. The van der Waals surface area contributed by atoms with Gasteiger partial charge in [-0.25, -0.2) is 0 Å². The highest BCUT2D eigenvalue weighted by Crippen LogP contribution is 2.24. The highest BCUT2D eigenvalue weighted by molar-refractivity contribution is 8.04. The van der Waals surface area contributed by atoms with Gasteiger partial charge in [-0.05, 0) is 0 Å². The van der Waals surface area contributed by atoms with E-state index in [-0.39, 0.29) is 16.8 Å². The van der Waals surface area contributed by atoms with Gasteiger partial charge in [-0.2, -0.15) is 4.99 Å². The number of aliphatic imine (C=N–C) groups is 1. The molecule has 2 unspecified atom stereocenters. The largest absolute Gasteiger partial charge is 0.589 e. The van der Waals surface area contributed by atoms with E-state index >= 15 is 0 Å². The van der Waals surface area contributed by atoms with Gasteiger partial charge >= 0.3 is 5.23 Å². The first-order valence-electron chi connectivity index (χ1n) is 3.36. The van der Waals surface area contributed by atoms with E-state index in [0.717, 1.165) is 0 Å². The zero-order valence-electron chi connectivity index (χ0n) is 6.79. The first-order chi connectivity index (χ1) is 4.91. The minimum absolute atomic E-state index is 0.111. The molecule has 0 aliphatic carbocycles. The molecule has 2 atom stereocenters. The van der Waals surface area contributed by atoms with Gasteiger partial charge in [0.05, 0.1) is 0 Å². The average molecular weight is 176 g/mol. The molecule has 0 bridgehead atoms. The molecular formula is C6H12N2O2S.